The van der Waals surface area contributed by atoms with Gasteiger partial charge in [-0.25, -0.2) is 0 Å². The second-order valence-electron chi connectivity index (χ2n) is 21.4. The van der Waals surface area contributed by atoms with Gasteiger partial charge in [-0.3, -0.25) is 24.0 Å². The number of ether oxygens (including phenoxy) is 4. The molecule has 0 saturated carbocycles. The Balaban J connectivity index is 1.98. The summed E-state index contributed by atoms with van der Waals surface area (Å²) < 4.78 is 22.8. The molecule has 2 rings (SSSR count). The van der Waals surface area contributed by atoms with Crippen LogP contribution in [0.4, 0.5) is 0 Å². The number of unbranched alkanes of at least 4 members (excludes halogenated alkanes) is 8. The Morgan fingerprint density at radius 1 is 0.414 bits per heavy atom. The molecule has 11 nitrogen and oxygen atoms in total. The second kappa shape index (κ2) is 45.0. The third-order valence-corrected chi connectivity index (χ3v) is 14.9. The molecule has 2 fully saturated rings. The third kappa shape index (κ3) is 36.3. The standard InChI is InChI=1S/C59H108N2O9/c1-4-7-9-11-12-17-35-53-36-19-13-18-32-52(31-6-3)33-24-25-37-54(34-16-10-8-5-2)51-70-59(66)42-23-15-21-40-57(64)68-49-30-47-61(55(62)38-28-45-60-43-26-27-44-60)46-29-48-67-56(63)39-20-14-22-41-58(65)69-50-53/h52-54H,4-51H2,1-3H3. The van der Waals surface area contributed by atoms with Gasteiger partial charge in [-0.15, -0.1) is 0 Å². The summed E-state index contributed by atoms with van der Waals surface area (Å²) in [7, 11) is 0. The number of hydrogen-bond donors (Lipinski definition) is 0. The summed E-state index contributed by atoms with van der Waals surface area (Å²) in [5.74, 6) is 0.950. The molecule has 0 aliphatic carbocycles. The van der Waals surface area contributed by atoms with Crippen LogP contribution in [0.5, 0.6) is 0 Å². The van der Waals surface area contributed by atoms with E-state index in [4.69, 9.17) is 18.9 Å². The zero-order valence-electron chi connectivity index (χ0n) is 45.7. The minimum absolute atomic E-state index is 0.0839. The Bertz CT molecular complexity index is 1310. The van der Waals surface area contributed by atoms with Crippen molar-refractivity contribution in [1.29, 1.82) is 0 Å². The number of likely N-dealkylation sites (tertiary alicyclic amines) is 1. The number of amides is 1. The molecule has 2 aliphatic heterocycles. The van der Waals surface area contributed by atoms with E-state index in [1.165, 1.54) is 135 Å². The fourth-order valence-corrected chi connectivity index (χ4v) is 10.4. The summed E-state index contributed by atoms with van der Waals surface area (Å²) in [5.41, 5.74) is 0. The lowest BCUT2D eigenvalue weighted by Gasteiger charge is -2.23. The van der Waals surface area contributed by atoms with Gasteiger partial charge < -0.3 is 28.7 Å². The molecule has 70 heavy (non-hydrogen) atoms. The summed E-state index contributed by atoms with van der Waals surface area (Å²) in [6.07, 6.45) is 38.7. The van der Waals surface area contributed by atoms with E-state index in [1.54, 1.807) is 0 Å². The normalized spacial score (nSPS) is 23.0. The van der Waals surface area contributed by atoms with Crippen LogP contribution in [-0.4, -0.2) is 98.7 Å². The molecule has 3 atom stereocenters. The van der Waals surface area contributed by atoms with Gasteiger partial charge in [-0.05, 0) is 121 Å². The number of cyclic esters (lactones) is 4. The zero-order valence-corrected chi connectivity index (χ0v) is 45.7. The van der Waals surface area contributed by atoms with Crippen molar-refractivity contribution in [3.63, 3.8) is 0 Å². The van der Waals surface area contributed by atoms with Gasteiger partial charge >= 0.3 is 23.9 Å². The SMILES string of the molecule is CCCCCCCCC1CCCCCC(CCC)CCCCC(CCCCCC)COC(=O)CCCCCC(=O)OCCCN(C(=O)CCCN2CCCC2)CCCOC(=O)CCCCCC(=O)OC1. The summed E-state index contributed by atoms with van der Waals surface area (Å²) in [4.78, 5) is 68.4. The van der Waals surface area contributed by atoms with E-state index in [0.29, 0.717) is 109 Å². The monoisotopic (exact) mass is 989 g/mol. The van der Waals surface area contributed by atoms with Crippen LogP contribution in [0.25, 0.3) is 0 Å². The molecule has 0 aromatic rings. The Labute approximate surface area is 429 Å². The van der Waals surface area contributed by atoms with E-state index in [0.717, 1.165) is 70.5 Å². The first-order chi connectivity index (χ1) is 34.2. The van der Waals surface area contributed by atoms with E-state index < -0.39 is 0 Å². The van der Waals surface area contributed by atoms with Gasteiger partial charge in [0.2, 0.25) is 5.91 Å². The summed E-state index contributed by atoms with van der Waals surface area (Å²) in [6, 6.07) is 0. The van der Waals surface area contributed by atoms with Gasteiger partial charge in [-0.1, -0.05) is 156 Å². The highest BCUT2D eigenvalue weighted by atomic mass is 16.5. The molecule has 2 aliphatic rings. The van der Waals surface area contributed by atoms with E-state index in [2.05, 4.69) is 25.7 Å². The van der Waals surface area contributed by atoms with Crippen molar-refractivity contribution < 1.29 is 42.9 Å². The van der Waals surface area contributed by atoms with Gasteiger partial charge in [0.15, 0.2) is 0 Å². The molecule has 0 bridgehead atoms. The molecular weight excluding hydrogens is 881 g/mol. The maximum Gasteiger partial charge on any atom is 0.305 e. The predicted molar refractivity (Wildman–Crippen MR) is 284 cm³/mol. The van der Waals surface area contributed by atoms with Crippen LogP contribution >= 0.6 is 0 Å². The first kappa shape index (κ1) is 63.4. The molecule has 408 valence electrons. The van der Waals surface area contributed by atoms with Crippen LogP contribution < -0.4 is 0 Å². The molecule has 2 saturated heterocycles. The Kier molecular flexibility index (Phi) is 40.7. The average molecular weight is 990 g/mol. The van der Waals surface area contributed by atoms with Crippen molar-refractivity contribution in [3.05, 3.63) is 0 Å². The first-order valence-electron chi connectivity index (χ1n) is 29.9. The van der Waals surface area contributed by atoms with Crippen LogP contribution in [-0.2, 0) is 42.9 Å². The van der Waals surface area contributed by atoms with Crippen molar-refractivity contribution in [2.24, 2.45) is 17.8 Å². The van der Waals surface area contributed by atoms with Crippen LogP contribution in [0.15, 0.2) is 0 Å². The molecule has 0 spiro atoms. The molecular formula is C59H108N2O9. The van der Waals surface area contributed by atoms with Crippen LogP contribution in [0.2, 0.25) is 0 Å². The van der Waals surface area contributed by atoms with Crippen LogP contribution in [0.3, 0.4) is 0 Å². The lowest BCUT2D eigenvalue weighted by atomic mass is 9.88. The lowest BCUT2D eigenvalue weighted by Crippen LogP contribution is -2.34. The molecule has 3 unspecified atom stereocenters. The quantitative estimate of drug-likeness (QED) is 0.0743. The Morgan fingerprint density at radius 2 is 0.829 bits per heavy atom. The Morgan fingerprint density at radius 3 is 1.31 bits per heavy atom. The van der Waals surface area contributed by atoms with Crippen molar-refractivity contribution in [2.45, 2.75) is 271 Å². The van der Waals surface area contributed by atoms with Crippen LogP contribution in [0, 0.1) is 17.8 Å². The van der Waals surface area contributed by atoms with Gasteiger partial charge in [0.25, 0.3) is 0 Å². The summed E-state index contributed by atoms with van der Waals surface area (Å²) in [5, 5.41) is 0. The fraction of sp³-hybridized carbons (Fsp3) is 0.915. The highest BCUT2D eigenvalue weighted by Gasteiger charge is 2.19. The van der Waals surface area contributed by atoms with Gasteiger partial charge in [0.1, 0.15) is 0 Å². The van der Waals surface area contributed by atoms with Gasteiger partial charge in [-0.2, -0.15) is 0 Å². The lowest BCUT2D eigenvalue weighted by molar-refractivity contribution is -0.146. The van der Waals surface area contributed by atoms with Crippen molar-refractivity contribution in [3.8, 4) is 0 Å². The second-order valence-corrected chi connectivity index (χ2v) is 21.4. The van der Waals surface area contributed by atoms with Crippen molar-refractivity contribution >= 4 is 29.8 Å². The number of esters is 4. The van der Waals surface area contributed by atoms with Crippen molar-refractivity contribution in [1.82, 2.24) is 9.80 Å². The van der Waals surface area contributed by atoms with E-state index in [9.17, 15) is 24.0 Å². The minimum Gasteiger partial charge on any atom is -0.466 e. The smallest absolute Gasteiger partial charge is 0.305 e. The van der Waals surface area contributed by atoms with Crippen molar-refractivity contribution in [2.75, 3.05) is 59.2 Å². The third-order valence-electron chi connectivity index (χ3n) is 14.9. The molecule has 0 radical (unpaired) electrons. The van der Waals surface area contributed by atoms with E-state index in [-0.39, 0.29) is 43.0 Å². The Hall–Kier alpha value is -2.69. The zero-order chi connectivity index (χ0) is 50.5. The minimum atomic E-state index is -0.248. The molecule has 1 amide bonds. The predicted octanol–water partition coefficient (Wildman–Crippen LogP) is 14.4. The molecule has 2 heterocycles. The number of rotatable bonds is 18. The first-order valence-corrected chi connectivity index (χ1v) is 29.9. The molecule has 0 N–H and O–H groups in total. The number of hydrogen-bond acceptors (Lipinski definition) is 10. The van der Waals surface area contributed by atoms with Gasteiger partial charge in [0.05, 0.1) is 26.4 Å². The maximum atomic E-state index is 13.3. The largest absolute Gasteiger partial charge is 0.466 e. The summed E-state index contributed by atoms with van der Waals surface area (Å²) >= 11 is 0. The van der Waals surface area contributed by atoms with E-state index >= 15 is 0 Å². The average Bonchev–Trinajstić information content (AvgIpc) is 3.88. The molecule has 0 aromatic heterocycles. The molecule has 11 heteroatoms. The van der Waals surface area contributed by atoms with Crippen LogP contribution in [0.1, 0.15) is 271 Å². The highest BCUT2D eigenvalue weighted by Crippen LogP contribution is 2.26. The number of carbonyl (C=O) groups excluding carboxylic acids is 5. The highest BCUT2D eigenvalue weighted by molar-refractivity contribution is 5.76. The summed E-state index contributed by atoms with van der Waals surface area (Å²) in [6.45, 7) is 12.4. The topological polar surface area (TPSA) is 129 Å². The fourth-order valence-electron chi connectivity index (χ4n) is 10.4. The number of nitrogens with zero attached hydrogens (tertiary/aromatic N) is 2. The molecule has 0 aromatic carbocycles. The maximum absolute atomic E-state index is 13.3. The number of carbonyl (C=O) groups is 5. The van der Waals surface area contributed by atoms with Gasteiger partial charge in [0, 0.05) is 45.2 Å². The van der Waals surface area contributed by atoms with E-state index in [1.807, 2.05) is 4.90 Å².